The van der Waals surface area contributed by atoms with Crippen molar-refractivity contribution >= 4 is 11.3 Å². The molecule has 1 aromatic carbocycles. The number of hydrogen-bond donors (Lipinski definition) is 1. The van der Waals surface area contributed by atoms with Gasteiger partial charge in [0.25, 0.3) is 0 Å². The van der Waals surface area contributed by atoms with Crippen LogP contribution in [0.15, 0.2) is 41.8 Å². The average molecular weight is 354 g/mol. The van der Waals surface area contributed by atoms with Gasteiger partial charge in [0.2, 0.25) is 0 Å². The van der Waals surface area contributed by atoms with Crippen LogP contribution in [0, 0.1) is 6.92 Å². The fraction of sp³-hybridized carbons (Fsp3) is 0.368. The lowest BCUT2D eigenvalue weighted by Gasteiger charge is -2.17. The molecule has 1 atom stereocenters. The molecule has 2 aromatic heterocycles. The van der Waals surface area contributed by atoms with Crippen LogP contribution in [0.3, 0.4) is 0 Å². The zero-order valence-electron chi connectivity index (χ0n) is 14.3. The van der Waals surface area contributed by atoms with Crippen molar-refractivity contribution in [3.05, 3.63) is 69.4 Å². The first-order chi connectivity index (χ1) is 12.2. The van der Waals surface area contributed by atoms with Crippen molar-refractivity contribution in [2.75, 3.05) is 6.54 Å². The minimum absolute atomic E-state index is 0.671. The Hall–Kier alpha value is -2.02. The fourth-order valence-corrected chi connectivity index (χ4v) is 4.11. The summed E-state index contributed by atoms with van der Waals surface area (Å²) in [6.07, 6.45) is 0.385. The van der Waals surface area contributed by atoms with E-state index < -0.39 is 6.10 Å². The highest BCUT2D eigenvalue weighted by Gasteiger charge is 2.21. The summed E-state index contributed by atoms with van der Waals surface area (Å²) in [6, 6.07) is 11.8. The highest BCUT2D eigenvalue weighted by Crippen LogP contribution is 2.24. The monoisotopic (exact) mass is 354 g/mol. The highest BCUT2D eigenvalue weighted by atomic mass is 32.1. The quantitative estimate of drug-likeness (QED) is 0.782. The van der Waals surface area contributed by atoms with E-state index in [4.69, 9.17) is 0 Å². The van der Waals surface area contributed by atoms with Gasteiger partial charge in [-0.2, -0.15) is 5.10 Å². The first-order valence-corrected chi connectivity index (χ1v) is 9.50. The molecule has 0 fully saturated rings. The van der Waals surface area contributed by atoms with Crippen molar-refractivity contribution in [2.45, 2.75) is 39.1 Å². The number of hydrogen-bond acceptors (Lipinski definition) is 5. The molecule has 6 heteroatoms. The fourth-order valence-electron chi connectivity index (χ4n) is 3.29. The maximum atomic E-state index is 10.6. The van der Waals surface area contributed by atoms with Crippen LogP contribution in [0.1, 0.15) is 40.2 Å². The Kier molecular flexibility index (Phi) is 4.65. The lowest BCUT2D eigenvalue weighted by molar-refractivity contribution is 0.213. The summed E-state index contributed by atoms with van der Waals surface area (Å²) in [4.78, 5) is 6.99. The van der Waals surface area contributed by atoms with Gasteiger partial charge in [0.15, 0.2) is 0 Å². The van der Waals surface area contributed by atoms with Gasteiger partial charge in [-0.1, -0.05) is 30.3 Å². The number of aliphatic hydroxyl groups excluding tert-OH is 1. The summed E-state index contributed by atoms with van der Waals surface area (Å²) in [5.41, 5.74) is 3.86. The third-order valence-electron chi connectivity index (χ3n) is 4.53. The molecule has 0 radical (unpaired) electrons. The standard InChI is InChI=1S/C19H22N4OS/c1-14-13-25-18(20-14)12-22-8-5-9-23-16(11-22)10-17(21-23)19(24)15-6-3-2-4-7-15/h2-4,6-7,10,13,19,24H,5,8-9,11-12H2,1H3/t19-/m0/s1. The number of aryl methyl sites for hydroxylation is 2. The second kappa shape index (κ2) is 7.07. The van der Waals surface area contributed by atoms with E-state index in [1.54, 1.807) is 11.3 Å². The van der Waals surface area contributed by atoms with Gasteiger partial charge >= 0.3 is 0 Å². The molecule has 1 N–H and O–H groups in total. The van der Waals surface area contributed by atoms with Crippen molar-refractivity contribution < 1.29 is 5.11 Å². The Labute approximate surface area is 151 Å². The van der Waals surface area contributed by atoms with Crippen molar-refractivity contribution in [3.8, 4) is 0 Å². The molecule has 0 bridgehead atoms. The number of nitrogens with zero attached hydrogens (tertiary/aromatic N) is 4. The molecular weight excluding hydrogens is 332 g/mol. The second-order valence-corrected chi connectivity index (χ2v) is 7.49. The summed E-state index contributed by atoms with van der Waals surface area (Å²) >= 11 is 1.72. The molecule has 0 saturated heterocycles. The van der Waals surface area contributed by atoms with Crippen LogP contribution in [-0.2, 0) is 19.6 Å². The maximum Gasteiger partial charge on any atom is 0.123 e. The summed E-state index contributed by atoms with van der Waals surface area (Å²) in [7, 11) is 0. The molecule has 0 aliphatic carbocycles. The van der Waals surface area contributed by atoms with E-state index in [2.05, 4.69) is 25.0 Å². The van der Waals surface area contributed by atoms with Crippen LogP contribution < -0.4 is 0 Å². The zero-order chi connectivity index (χ0) is 17.2. The van der Waals surface area contributed by atoms with E-state index in [1.807, 2.05) is 43.3 Å². The Morgan fingerprint density at radius 3 is 2.84 bits per heavy atom. The predicted octanol–water partition coefficient (Wildman–Crippen LogP) is 3.14. The molecule has 5 nitrogen and oxygen atoms in total. The van der Waals surface area contributed by atoms with Gasteiger partial charge in [-0.15, -0.1) is 11.3 Å². The van der Waals surface area contributed by atoms with Crippen LogP contribution >= 0.6 is 11.3 Å². The number of fused-ring (bicyclic) bond motifs is 1. The Bertz CT molecular complexity index is 842. The summed E-state index contributed by atoms with van der Waals surface area (Å²) < 4.78 is 2.05. The van der Waals surface area contributed by atoms with Crippen molar-refractivity contribution in [3.63, 3.8) is 0 Å². The van der Waals surface area contributed by atoms with Gasteiger partial charge in [-0.3, -0.25) is 9.58 Å². The highest BCUT2D eigenvalue weighted by molar-refractivity contribution is 7.09. The molecule has 4 rings (SSSR count). The Morgan fingerprint density at radius 2 is 2.08 bits per heavy atom. The first kappa shape index (κ1) is 16.4. The zero-order valence-corrected chi connectivity index (χ0v) is 15.1. The average Bonchev–Trinajstić information content (AvgIpc) is 3.16. The van der Waals surface area contributed by atoms with Gasteiger partial charge in [-0.25, -0.2) is 4.98 Å². The van der Waals surface area contributed by atoms with E-state index in [1.165, 1.54) is 0 Å². The molecule has 1 aliphatic heterocycles. The number of rotatable bonds is 4. The lowest BCUT2D eigenvalue weighted by atomic mass is 10.1. The maximum absolute atomic E-state index is 10.6. The summed E-state index contributed by atoms with van der Waals surface area (Å²) in [6.45, 7) is 5.69. The molecule has 0 spiro atoms. The van der Waals surface area contributed by atoms with Crippen molar-refractivity contribution in [1.82, 2.24) is 19.7 Å². The molecule has 130 valence electrons. The van der Waals surface area contributed by atoms with Crippen LogP contribution in [0.25, 0.3) is 0 Å². The van der Waals surface area contributed by atoms with E-state index in [9.17, 15) is 5.11 Å². The Balaban J connectivity index is 1.52. The lowest BCUT2D eigenvalue weighted by Crippen LogP contribution is -2.22. The van der Waals surface area contributed by atoms with E-state index >= 15 is 0 Å². The molecule has 25 heavy (non-hydrogen) atoms. The topological polar surface area (TPSA) is 54.2 Å². The smallest absolute Gasteiger partial charge is 0.123 e. The summed E-state index contributed by atoms with van der Waals surface area (Å²) in [5.74, 6) is 0. The predicted molar refractivity (Wildman–Crippen MR) is 98.3 cm³/mol. The number of benzene rings is 1. The number of aliphatic hydroxyl groups is 1. The molecule has 0 amide bonds. The molecule has 3 heterocycles. The molecule has 0 saturated carbocycles. The first-order valence-electron chi connectivity index (χ1n) is 8.62. The molecule has 1 aliphatic rings. The van der Waals surface area contributed by atoms with E-state index in [0.717, 1.165) is 60.3 Å². The third-order valence-corrected chi connectivity index (χ3v) is 5.48. The van der Waals surface area contributed by atoms with Crippen molar-refractivity contribution in [1.29, 1.82) is 0 Å². The second-order valence-electron chi connectivity index (χ2n) is 6.54. The minimum Gasteiger partial charge on any atom is -0.382 e. The molecular formula is C19H22N4OS. The summed E-state index contributed by atoms with van der Waals surface area (Å²) in [5, 5.41) is 18.5. The van der Waals surface area contributed by atoms with E-state index in [-0.39, 0.29) is 0 Å². The van der Waals surface area contributed by atoms with Gasteiger partial charge in [0.1, 0.15) is 11.1 Å². The van der Waals surface area contributed by atoms with Crippen LogP contribution in [0.4, 0.5) is 0 Å². The Morgan fingerprint density at radius 1 is 1.24 bits per heavy atom. The van der Waals surface area contributed by atoms with Crippen LogP contribution in [0.2, 0.25) is 0 Å². The van der Waals surface area contributed by atoms with Gasteiger partial charge < -0.3 is 5.11 Å². The third kappa shape index (κ3) is 3.66. The molecule has 3 aromatic rings. The van der Waals surface area contributed by atoms with Crippen molar-refractivity contribution in [2.24, 2.45) is 0 Å². The van der Waals surface area contributed by atoms with E-state index in [0.29, 0.717) is 0 Å². The van der Waals surface area contributed by atoms with Gasteiger partial charge in [-0.05, 0) is 25.0 Å². The number of thiazole rings is 1. The minimum atomic E-state index is -0.671. The number of aromatic nitrogens is 3. The van der Waals surface area contributed by atoms with Crippen LogP contribution in [-0.4, -0.2) is 31.3 Å². The van der Waals surface area contributed by atoms with Crippen LogP contribution in [0.5, 0.6) is 0 Å². The normalized spacial score (nSPS) is 16.4. The SMILES string of the molecule is Cc1csc(CN2CCCn3nc([C@@H](O)c4ccccc4)cc3C2)n1. The largest absolute Gasteiger partial charge is 0.382 e. The van der Waals surface area contributed by atoms with Gasteiger partial charge in [0.05, 0.1) is 17.9 Å². The van der Waals surface area contributed by atoms with Gasteiger partial charge in [0, 0.05) is 30.7 Å². The molecule has 0 unspecified atom stereocenters.